The van der Waals surface area contributed by atoms with Crippen molar-refractivity contribution in [3.8, 4) is 5.75 Å². The highest BCUT2D eigenvalue weighted by atomic mass is 16.5. The van der Waals surface area contributed by atoms with E-state index in [1.165, 1.54) is 0 Å². The number of rotatable bonds is 5. The zero-order valence-electron chi connectivity index (χ0n) is 11.3. The maximum absolute atomic E-state index is 12.1. The minimum absolute atomic E-state index is 0.120. The van der Waals surface area contributed by atoms with Crippen LogP contribution in [0.4, 0.5) is 5.69 Å². The number of carbonyl (C=O) groups is 1. The van der Waals surface area contributed by atoms with Crippen molar-refractivity contribution in [2.24, 2.45) is 0 Å². The van der Waals surface area contributed by atoms with Crippen LogP contribution in [-0.4, -0.2) is 31.8 Å². The third-order valence-corrected chi connectivity index (χ3v) is 3.26. The third-order valence-electron chi connectivity index (χ3n) is 3.26. The Kier molecular flexibility index (Phi) is 4.27. The van der Waals surface area contributed by atoms with Gasteiger partial charge in [-0.3, -0.25) is 4.79 Å². The minimum Gasteiger partial charge on any atom is -0.497 e. The number of methoxy groups -OCH3 is 1. The summed E-state index contributed by atoms with van der Waals surface area (Å²) in [6.07, 6.45) is 2.03. The summed E-state index contributed by atoms with van der Waals surface area (Å²) in [5, 5.41) is 2.97. The number of ether oxygens (including phenoxy) is 2. The molecular formula is C14H20N2O3. The normalized spacial score (nSPS) is 21.6. The highest BCUT2D eigenvalue weighted by Crippen LogP contribution is 2.24. The van der Waals surface area contributed by atoms with Crippen molar-refractivity contribution in [2.45, 2.75) is 31.9 Å². The SMILES string of the molecule is CCOC1CC(NC(=O)c2cc(N)cc(OC)c2)C1. The van der Waals surface area contributed by atoms with Crippen LogP contribution in [0.25, 0.3) is 0 Å². The van der Waals surface area contributed by atoms with Crippen LogP contribution >= 0.6 is 0 Å². The van der Waals surface area contributed by atoms with Gasteiger partial charge in [0.15, 0.2) is 0 Å². The van der Waals surface area contributed by atoms with E-state index in [2.05, 4.69) is 5.32 Å². The maximum Gasteiger partial charge on any atom is 0.251 e. The van der Waals surface area contributed by atoms with E-state index in [1.807, 2.05) is 6.92 Å². The summed E-state index contributed by atoms with van der Waals surface area (Å²) in [6, 6.07) is 5.21. The number of anilines is 1. The van der Waals surface area contributed by atoms with Gasteiger partial charge in [-0.25, -0.2) is 0 Å². The molecule has 1 fully saturated rings. The summed E-state index contributed by atoms with van der Waals surface area (Å²) in [4.78, 5) is 12.1. The molecule has 1 saturated carbocycles. The average molecular weight is 264 g/mol. The first-order valence-electron chi connectivity index (χ1n) is 6.49. The van der Waals surface area contributed by atoms with E-state index in [9.17, 15) is 4.79 Å². The first-order valence-corrected chi connectivity index (χ1v) is 6.49. The van der Waals surface area contributed by atoms with Gasteiger partial charge >= 0.3 is 0 Å². The molecule has 0 spiro atoms. The number of benzene rings is 1. The van der Waals surface area contributed by atoms with Gasteiger partial charge in [0.2, 0.25) is 0 Å². The van der Waals surface area contributed by atoms with E-state index in [1.54, 1.807) is 25.3 Å². The molecular weight excluding hydrogens is 244 g/mol. The molecule has 1 aliphatic carbocycles. The van der Waals surface area contributed by atoms with Crippen LogP contribution in [0.5, 0.6) is 5.75 Å². The van der Waals surface area contributed by atoms with Crippen LogP contribution in [0.1, 0.15) is 30.1 Å². The van der Waals surface area contributed by atoms with Crippen molar-refractivity contribution in [1.82, 2.24) is 5.32 Å². The van der Waals surface area contributed by atoms with E-state index >= 15 is 0 Å². The molecule has 0 aliphatic heterocycles. The Morgan fingerprint density at radius 3 is 2.79 bits per heavy atom. The van der Waals surface area contributed by atoms with Gasteiger partial charge in [0.05, 0.1) is 13.2 Å². The van der Waals surface area contributed by atoms with Crippen LogP contribution in [-0.2, 0) is 4.74 Å². The molecule has 5 heteroatoms. The fourth-order valence-corrected chi connectivity index (χ4v) is 2.20. The van der Waals surface area contributed by atoms with Crippen molar-refractivity contribution in [3.05, 3.63) is 23.8 Å². The van der Waals surface area contributed by atoms with Crippen molar-refractivity contribution in [3.63, 3.8) is 0 Å². The predicted octanol–water partition coefficient (Wildman–Crippen LogP) is 1.57. The number of nitrogens with two attached hydrogens (primary N) is 1. The third kappa shape index (κ3) is 3.38. The van der Waals surface area contributed by atoms with Gasteiger partial charge in [0.1, 0.15) is 5.75 Å². The summed E-state index contributed by atoms with van der Waals surface area (Å²) in [5.74, 6) is 0.469. The molecule has 0 atom stereocenters. The molecule has 0 unspecified atom stereocenters. The lowest BCUT2D eigenvalue weighted by atomic mass is 9.89. The number of nitrogens with one attached hydrogen (secondary N) is 1. The maximum atomic E-state index is 12.1. The molecule has 0 aromatic heterocycles. The average Bonchev–Trinajstić information content (AvgIpc) is 2.35. The molecule has 0 radical (unpaired) electrons. The second-order valence-corrected chi connectivity index (χ2v) is 4.71. The van der Waals surface area contributed by atoms with E-state index < -0.39 is 0 Å². The highest BCUT2D eigenvalue weighted by Gasteiger charge is 2.30. The van der Waals surface area contributed by atoms with Crippen LogP contribution in [0.3, 0.4) is 0 Å². The number of amides is 1. The lowest BCUT2D eigenvalue weighted by Crippen LogP contribution is -2.47. The Morgan fingerprint density at radius 1 is 1.42 bits per heavy atom. The molecule has 0 heterocycles. The summed E-state index contributed by atoms with van der Waals surface area (Å²) in [5.41, 5.74) is 6.78. The molecule has 0 saturated heterocycles. The number of nitrogen functional groups attached to an aromatic ring is 1. The van der Waals surface area contributed by atoms with Gasteiger partial charge in [-0.2, -0.15) is 0 Å². The molecule has 0 bridgehead atoms. The van der Waals surface area contributed by atoms with Crippen LogP contribution in [0, 0.1) is 0 Å². The van der Waals surface area contributed by atoms with Crippen molar-refractivity contribution in [2.75, 3.05) is 19.5 Å². The van der Waals surface area contributed by atoms with Gasteiger partial charge in [0.25, 0.3) is 5.91 Å². The molecule has 1 aromatic carbocycles. The zero-order valence-corrected chi connectivity index (χ0v) is 11.3. The molecule has 104 valence electrons. The summed E-state index contributed by atoms with van der Waals surface area (Å²) in [6.45, 7) is 2.70. The molecule has 5 nitrogen and oxygen atoms in total. The minimum atomic E-state index is -0.120. The lowest BCUT2D eigenvalue weighted by molar-refractivity contribution is -0.00862. The number of hydrogen-bond donors (Lipinski definition) is 2. The summed E-state index contributed by atoms with van der Waals surface area (Å²) < 4.78 is 10.6. The van der Waals surface area contributed by atoms with Gasteiger partial charge < -0.3 is 20.5 Å². The Balaban J connectivity index is 1.92. The monoisotopic (exact) mass is 264 g/mol. The Bertz CT molecular complexity index is 456. The standard InChI is InChI=1S/C14H20N2O3/c1-3-19-13-7-11(8-13)16-14(17)9-4-10(15)6-12(5-9)18-2/h4-6,11,13H,3,7-8,15H2,1-2H3,(H,16,17). The first-order chi connectivity index (χ1) is 9.12. The first kappa shape index (κ1) is 13.7. The zero-order chi connectivity index (χ0) is 13.8. The van der Waals surface area contributed by atoms with Crippen molar-refractivity contribution >= 4 is 11.6 Å². The highest BCUT2D eigenvalue weighted by molar-refractivity contribution is 5.95. The summed E-state index contributed by atoms with van der Waals surface area (Å²) >= 11 is 0. The fraction of sp³-hybridized carbons (Fsp3) is 0.500. The Hall–Kier alpha value is -1.75. The van der Waals surface area contributed by atoms with Gasteiger partial charge in [-0.1, -0.05) is 0 Å². The molecule has 19 heavy (non-hydrogen) atoms. The quantitative estimate of drug-likeness (QED) is 0.792. The fourth-order valence-electron chi connectivity index (χ4n) is 2.20. The van der Waals surface area contributed by atoms with Gasteiger partial charge in [-0.05, 0) is 31.9 Å². The summed E-state index contributed by atoms with van der Waals surface area (Å²) in [7, 11) is 1.55. The Labute approximate surface area is 113 Å². The molecule has 3 N–H and O–H groups in total. The van der Waals surface area contributed by atoms with Crippen LogP contribution < -0.4 is 15.8 Å². The number of hydrogen-bond acceptors (Lipinski definition) is 4. The van der Waals surface area contributed by atoms with Crippen molar-refractivity contribution < 1.29 is 14.3 Å². The molecule has 1 aliphatic rings. The molecule has 2 rings (SSSR count). The van der Waals surface area contributed by atoms with Crippen molar-refractivity contribution in [1.29, 1.82) is 0 Å². The lowest BCUT2D eigenvalue weighted by Gasteiger charge is -2.35. The number of carbonyl (C=O) groups excluding carboxylic acids is 1. The van der Waals surface area contributed by atoms with Gasteiger partial charge in [0, 0.05) is 30.0 Å². The van der Waals surface area contributed by atoms with E-state index in [-0.39, 0.29) is 18.1 Å². The van der Waals surface area contributed by atoms with Crippen LogP contribution in [0.2, 0.25) is 0 Å². The van der Waals surface area contributed by atoms with Gasteiger partial charge in [-0.15, -0.1) is 0 Å². The van der Waals surface area contributed by atoms with E-state index in [4.69, 9.17) is 15.2 Å². The second-order valence-electron chi connectivity index (χ2n) is 4.71. The smallest absolute Gasteiger partial charge is 0.251 e. The topological polar surface area (TPSA) is 73.6 Å². The predicted molar refractivity (Wildman–Crippen MR) is 73.3 cm³/mol. The van der Waals surface area contributed by atoms with Crippen LogP contribution in [0.15, 0.2) is 18.2 Å². The second kappa shape index (κ2) is 5.93. The Morgan fingerprint density at radius 2 is 2.16 bits per heavy atom. The molecule has 1 aromatic rings. The largest absolute Gasteiger partial charge is 0.497 e. The van der Waals surface area contributed by atoms with E-state index in [0.717, 1.165) is 19.4 Å². The van der Waals surface area contributed by atoms with E-state index in [0.29, 0.717) is 17.0 Å². The molecule has 1 amide bonds.